The third-order valence-electron chi connectivity index (χ3n) is 4.94. The zero-order chi connectivity index (χ0) is 17.2. The van der Waals surface area contributed by atoms with Crippen molar-refractivity contribution in [3.05, 3.63) is 64.5 Å². The van der Waals surface area contributed by atoms with Gasteiger partial charge in [0.05, 0.1) is 5.69 Å². The first-order valence-electron chi connectivity index (χ1n) is 8.63. The van der Waals surface area contributed by atoms with Crippen molar-refractivity contribution in [1.29, 1.82) is 0 Å². The van der Waals surface area contributed by atoms with E-state index in [1.807, 2.05) is 24.5 Å². The zero-order valence-electron chi connectivity index (χ0n) is 14.3. The molecule has 3 aromatic rings. The largest absolute Gasteiger partial charge is 0.297 e. The van der Waals surface area contributed by atoms with Crippen LogP contribution >= 0.6 is 0 Å². The minimum Gasteiger partial charge on any atom is -0.297 e. The molecule has 130 valence electrons. The molecule has 1 atom stereocenters. The van der Waals surface area contributed by atoms with Gasteiger partial charge in [-0.3, -0.25) is 24.7 Å². The normalized spacial score (nSPS) is 17.8. The van der Waals surface area contributed by atoms with Crippen molar-refractivity contribution in [3.8, 4) is 0 Å². The molecule has 0 bridgehead atoms. The fraction of sp³-hybridized carbons (Fsp3) is 0.389. The van der Waals surface area contributed by atoms with E-state index in [1.54, 1.807) is 12.3 Å². The second-order valence-corrected chi connectivity index (χ2v) is 6.52. The molecule has 0 amide bonds. The summed E-state index contributed by atoms with van der Waals surface area (Å²) in [6.45, 7) is 6.89. The van der Waals surface area contributed by atoms with Crippen LogP contribution in [-0.4, -0.2) is 55.6 Å². The van der Waals surface area contributed by atoms with Crippen molar-refractivity contribution in [2.75, 3.05) is 26.2 Å². The lowest BCUT2D eigenvalue weighted by Gasteiger charge is -2.38. The molecule has 0 aliphatic carbocycles. The molecular weight excluding hydrogens is 316 g/mol. The third-order valence-corrected chi connectivity index (χ3v) is 4.94. The highest BCUT2D eigenvalue weighted by molar-refractivity contribution is 5.36. The summed E-state index contributed by atoms with van der Waals surface area (Å²) in [5.41, 5.74) is 2.70. The van der Waals surface area contributed by atoms with Gasteiger partial charge in [-0.2, -0.15) is 0 Å². The van der Waals surface area contributed by atoms with Crippen LogP contribution in [0.5, 0.6) is 0 Å². The number of rotatable bonds is 4. The van der Waals surface area contributed by atoms with Gasteiger partial charge in [-0.15, -0.1) is 0 Å². The lowest BCUT2D eigenvalue weighted by atomic mass is 10.1. The molecule has 4 heterocycles. The summed E-state index contributed by atoms with van der Waals surface area (Å²) >= 11 is 0. The maximum absolute atomic E-state index is 12.1. The molecule has 1 N–H and O–H groups in total. The maximum atomic E-state index is 12.1. The summed E-state index contributed by atoms with van der Waals surface area (Å²) in [5, 5.41) is 2.87. The van der Waals surface area contributed by atoms with Crippen molar-refractivity contribution < 1.29 is 0 Å². The number of nitrogens with zero attached hydrogens (tertiary/aromatic N) is 5. The van der Waals surface area contributed by atoms with Gasteiger partial charge >= 0.3 is 0 Å². The van der Waals surface area contributed by atoms with Gasteiger partial charge in [0.25, 0.3) is 5.56 Å². The number of hydrogen-bond acceptors (Lipinski definition) is 5. The van der Waals surface area contributed by atoms with Crippen LogP contribution in [0.3, 0.4) is 0 Å². The highest BCUT2D eigenvalue weighted by Gasteiger charge is 2.22. The average molecular weight is 338 g/mol. The van der Waals surface area contributed by atoms with Gasteiger partial charge in [-0.05, 0) is 18.6 Å². The van der Waals surface area contributed by atoms with Gasteiger partial charge in [-0.1, -0.05) is 6.07 Å². The molecular formula is C18H22N6O. The first kappa shape index (κ1) is 16.0. The summed E-state index contributed by atoms with van der Waals surface area (Å²) in [7, 11) is 0. The van der Waals surface area contributed by atoms with Crippen LogP contribution in [0.2, 0.25) is 0 Å². The van der Waals surface area contributed by atoms with E-state index in [4.69, 9.17) is 0 Å². The number of nitrogens with one attached hydrogen (secondary N) is 1. The average Bonchev–Trinajstić information content (AvgIpc) is 3.12. The Bertz CT molecular complexity index is 895. The fourth-order valence-electron chi connectivity index (χ4n) is 3.43. The van der Waals surface area contributed by atoms with Crippen molar-refractivity contribution in [3.63, 3.8) is 0 Å². The van der Waals surface area contributed by atoms with Crippen LogP contribution < -0.4 is 5.56 Å². The van der Waals surface area contributed by atoms with E-state index in [0.717, 1.165) is 31.9 Å². The SMILES string of the molecule is C[C@H](c1cccnc1)N1CCN(Cc2cc(=O)n3[nH]ccc3n2)CC1. The molecule has 0 spiro atoms. The first-order chi connectivity index (χ1) is 12.2. The summed E-state index contributed by atoms with van der Waals surface area (Å²) < 4.78 is 1.46. The van der Waals surface area contributed by atoms with Gasteiger partial charge in [-0.25, -0.2) is 9.50 Å². The van der Waals surface area contributed by atoms with Crippen molar-refractivity contribution in [2.45, 2.75) is 19.5 Å². The molecule has 0 radical (unpaired) electrons. The van der Waals surface area contributed by atoms with Gasteiger partial charge in [0.1, 0.15) is 0 Å². The highest BCUT2D eigenvalue weighted by Crippen LogP contribution is 2.21. The molecule has 3 aromatic heterocycles. The summed E-state index contributed by atoms with van der Waals surface area (Å²) in [6.07, 6.45) is 5.48. The van der Waals surface area contributed by atoms with Crippen molar-refractivity contribution >= 4 is 5.65 Å². The standard InChI is InChI=1S/C18H22N6O/c1-14(15-3-2-5-19-12-15)23-9-7-22(8-10-23)13-16-11-18(25)24-17(21-16)4-6-20-24/h2-6,11-12,14,20H,7-10,13H2,1H3/t14-/m1/s1. The number of aromatic amines is 1. The predicted octanol–water partition coefficient (Wildman–Crippen LogP) is 1.30. The van der Waals surface area contributed by atoms with Crippen molar-refractivity contribution in [1.82, 2.24) is 29.4 Å². The van der Waals surface area contributed by atoms with E-state index >= 15 is 0 Å². The molecule has 1 aliphatic rings. The number of pyridine rings is 1. The van der Waals surface area contributed by atoms with Crippen molar-refractivity contribution in [2.24, 2.45) is 0 Å². The minimum atomic E-state index is -0.0613. The van der Waals surface area contributed by atoms with Gasteiger partial charge in [0.15, 0.2) is 5.65 Å². The Morgan fingerprint density at radius 3 is 2.84 bits per heavy atom. The Kier molecular flexibility index (Phi) is 4.33. The second kappa shape index (κ2) is 6.78. The van der Waals surface area contributed by atoms with E-state index < -0.39 is 0 Å². The molecule has 7 nitrogen and oxygen atoms in total. The smallest absolute Gasteiger partial charge is 0.272 e. The maximum Gasteiger partial charge on any atom is 0.272 e. The Labute approximate surface area is 145 Å². The highest BCUT2D eigenvalue weighted by atomic mass is 16.1. The third kappa shape index (κ3) is 3.33. The lowest BCUT2D eigenvalue weighted by Crippen LogP contribution is -2.46. The monoisotopic (exact) mass is 338 g/mol. The van der Waals surface area contributed by atoms with E-state index in [-0.39, 0.29) is 5.56 Å². The summed E-state index contributed by atoms with van der Waals surface area (Å²) in [6, 6.07) is 7.93. The molecule has 0 unspecified atom stereocenters. The predicted molar refractivity (Wildman–Crippen MR) is 95.3 cm³/mol. The Hall–Kier alpha value is -2.51. The summed E-state index contributed by atoms with van der Waals surface area (Å²) in [4.78, 5) is 25.7. The molecule has 4 rings (SSSR count). The molecule has 1 fully saturated rings. The van der Waals surface area contributed by atoms with Crippen LogP contribution in [0, 0.1) is 0 Å². The van der Waals surface area contributed by atoms with Crippen LogP contribution in [-0.2, 0) is 6.54 Å². The first-order valence-corrected chi connectivity index (χ1v) is 8.63. The molecule has 1 saturated heterocycles. The Morgan fingerprint density at radius 2 is 2.08 bits per heavy atom. The molecule has 0 saturated carbocycles. The number of aromatic nitrogens is 4. The Balaban J connectivity index is 1.39. The number of hydrogen-bond donors (Lipinski definition) is 1. The zero-order valence-corrected chi connectivity index (χ0v) is 14.3. The van der Waals surface area contributed by atoms with Gasteiger partial charge in [0.2, 0.25) is 0 Å². The summed E-state index contributed by atoms with van der Waals surface area (Å²) in [5.74, 6) is 0. The van der Waals surface area contributed by atoms with Crippen LogP contribution in [0.1, 0.15) is 24.2 Å². The Morgan fingerprint density at radius 1 is 1.24 bits per heavy atom. The molecule has 25 heavy (non-hydrogen) atoms. The second-order valence-electron chi connectivity index (χ2n) is 6.52. The number of fused-ring (bicyclic) bond motifs is 1. The van der Waals surface area contributed by atoms with E-state index in [9.17, 15) is 4.79 Å². The molecule has 7 heteroatoms. The lowest BCUT2D eigenvalue weighted by molar-refractivity contribution is 0.0969. The van der Waals surface area contributed by atoms with E-state index in [0.29, 0.717) is 18.2 Å². The number of H-pyrrole nitrogens is 1. The van der Waals surface area contributed by atoms with Crippen LogP contribution in [0.25, 0.3) is 5.65 Å². The minimum absolute atomic E-state index is 0.0613. The van der Waals surface area contributed by atoms with E-state index in [1.165, 1.54) is 10.1 Å². The van der Waals surface area contributed by atoms with Crippen LogP contribution in [0.15, 0.2) is 47.7 Å². The van der Waals surface area contributed by atoms with E-state index in [2.05, 4.69) is 37.9 Å². The number of piperazine rings is 1. The fourth-order valence-corrected chi connectivity index (χ4v) is 3.43. The van der Waals surface area contributed by atoms with Gasteiger partial charge < -0.3 is 0 Å². The van der Waals surface area contributed by atoms with Gasteiger partial charge in [0, 0.05) is 69.5 Å². The molecule has 0 aromatic carbocycles. The topological polar surface area (TPSA) is 69.5 Å². The van der Waals surface area contributed by atoms with Crippen LogP contribution in [0.4, 0.5) is 0 Å². The molecule has 1 aliphatic heterocycles. The quantitative estimate of drug-likeness (QED) is 0.776.